The van der Waals surface area contributed by atoms with Crippen LogP contribution >= 0.6 is 0 Å². The van der Waals surface area contributed by atoms with Crippen LogP contribution < -0.4 is 10.1 Å². The van der Waals surface area contributed by atoms with Gasteiger partial charge < -0.3 is 10.1 Å². The standard InChI is InChI=1S/C16H21N3O2/c1-4-19-11-10-15(18-19)12(3)17-16(20)13-6-8-14(9-7-13)21-5-2/h6-12H,4-5H2,1-3H3,(H,17,20). The normalized spacial score (nSPS) is 12.0. The van der Waals surface area contributed by atoms with Crippen molar-refractivity contribution in [2.24, 2.45) is 0 Å². The number of amides is 1. The van der Waals surface area contributed by atoms with Crippen LogP contribution in [-0.4, -0.2) is 22.3 Å². The Balaban J connectivity index is 1.99. The molecule has 0 bridgehead atoms. The average molecular weight is 287 g/mol. The predicted octanol–water partition coefficient (Wildman–Crippen LogP) is 2.79. The van der Waals surface area contributed by atoms with Crippen LogP contribution in [0.15, 0.2) is 36.5 Å². The van der Waals surface area contributed by atoms with Crippen molar-refractivity contribution < 1.29 is 9.53 Å². The van der Waals surface area contributed by atoms with Gasteiger partial charge in [0.05, 0.1) is 18.3 Å². The van der Waals surface area contributed by atoms with Gasteiger partial charge in [0.25, 0.3) is 5.91 Å². The molecular formula is C16H21N3O2. The number of nitrogens with one attached hydrogen (secondary N) is 1. The molecule has 2 rings (SSSR count). The lowest BCUT2D eigenvalue weighted by molar-refractivity contribution is 0.0939. The number of aromatic nitrogens is 2. The van der Waals surface area contributed by atoms with Gasteiger partial charge in [-0.3, -0.25) is 9.48 Å². The minimum atomic E-state index is -0.128. The summed E-state index contributed by atoms with van der Waals surface area (Å²) in [5.74, 6) is 0.653. The fourth-order valence-corrected chi connectivity index (χ4v) is 2.01. The molecule has 1 aromatic carbocycles. The molecule has 21 heavy (non-hydrogen) atoms. The number of hydrogen-bond donors (Lipinski definition) is 1. The first kappa shape index (κ1) is 15.1. The van der Waals surface area contributed by atoms with Crippen molar-refractivity contribution in [1.82, 2.24) is 15.1 Å². The molecule has 0 aliphatic carbocycles. The highest BCUT2D eigenvalue weighted by Crippen LogP contribution is 2.14. The number of carbonyl (C=O) groups excluding carboxylic acids is 1. The van der Waals surface area contributed by atoms with Gasteiger partial charge in [0.15, 0.2) is 0 Å². The van der Waals surface area contributed by atoms with Crippen LogP contribution in [0.3, 0.4) is 0 Å². The van der Waals surface area contributed by atoms with Crippen molar-refractivity contribution in [3.63, 3.8) is 0 Å². The van der Waals surface area contributed by atoms with Crippen molar-refractivity contribution >= 4 is 5.91 Å². The maximum atomic E-state index is 12.2. The molecular weight excluding hydrogens is 266 g/mol. The van der Waals surface area contributed by atoms with E-state index in [9.17, 15) is 4.79 Å². The second-order valence-electron chi connectivity index (χ2n) is 4.75. The zero-order chi connectivity index (χ0) is 15.2. The van der Waals surface area contributed by atoms with E-state index in [1.807, 2.05) is 37.7 Å². The van der Waals surface area contributed by atoms with Crippen LogP contribution in [0.25, 0.3) is 0 Å². The number of rotatable bonds is 6. The summed E-state index contributed by atoms with van der Waals surface area (Å²) in [6.45, 7) is 7.31. The Hall–Kier alpha value is -2.30. The maximum absolute atomic E-state index is 12.2. The lowest BCUT2D eigenvalue weighted by Gasteiger charge is -2.12. The molecule has 2 aromatic rings. The molecule has 1 atom stereocenters. The summed E-state index contributed by atoms with van der Waals surface area (Å²) < 4.78 is 7.20. The molecule has 112 valence electrons. The average Bonchev–Trinajstić information content (AvgIpc) is 2.97. The molecule has 0 saturated carbocycles. The van der Waals surface area contributed by atoms with E-state index in [1.54, 1.807) is 24.3 Å². The molecule has 5 nitrogen and oxygen atoms in total. The fourth-order valence-electron chi connectivity index (χ4n) is 2.01. The lowest BCUT2D eigenvalue weighted by Crippen LogP contribution is -2.27. The van der Waals surface area contributed by atoms with Crippen LogP contribution in [0.1, 0.15) is 42.9 Å². The minimum Gasteiger partial charge on any atom is -0.494 e. The molecule has 0 radical (unpaired) electrons. The monoisotopic (exact) mass is 287 g/mol. The maximum Gasteiger partial charge on any atom is 0.251 e. The van der Waals surface area contributed by atoms with Gasteiger partial charge in [-0.15, -0.1) is 0 Å². The number of carbonyl (C=O) groups is 1. The van der Waals surface area contributed by atoms with E-state index in [4.69, 9.17) is 4.74 Å². The second kappa shape index (κ2) is 6.92. The molecule has 0 aliphatic rings. The first-order valence-electron chi connectivity index (χ1n) is 7.21. The number of hydrogen-bond acceptors (Lipinski definition) is 3. The van der Waals surface area contributed by atoms with Crippen molar-refractivity contribution in [3.8, 4) is 5.75 Å². The summed E-state index contributed by atoms with van der Waals surface area (Å²) in [5, 5.41) is 7.34. The zero-order valence-electron chi connectivity index (χ0n) is 12.7. The van der Waals surface area contributed by atoms with Gasteiger partial charge in [0.1, 0.15) is 5.75 Å². The summed E-state index contributed by atoms with van der Waals surface area (Å²) in [6, 6.07) is 8.92. The quantitative estimate of drug-likeness (QED) is 0.889. The molecule has 1 heterocycles. The van der Waals surface area contributed by atoms with Crippen LogP contribution in [0.5, 0.6) is 5.75 Å². The Bertz CT molecular complexity index is 590. The summed E-state index contributed by atoms with van der Waals surface area (Å²) in [6.07, 6.45) is 1.91. The molecule has 1 unspecified atom stereocenters. The third-order valence-electron chi connectivity index (χ3n) is 3.20. The molecule has 0 fully saturated rings. The van der Waals surface area contributed by atoms with E-state index in [0.717, 1.165) is 18.0 Å². The second-order valence-corrected chi connectivity index (χ2v) is 4.75. The summed E-state index contributed by atoms with van der Waals surface area (Å²) in [7, 11) is 0. The van der Waals surface area contributed by atoms with Crippen LogP contribution in [0.2, 0.25) is 0 Å². The minimum absolute atomic E-state index is 0.114. The van der Waals surface area contributed by atoms with Gasteiger partial charge in [-0.25, -0.2) is 0 Å². The van der Waals surface area contributed by atoms with Crippen LogP contribution in [0, 0.1) is 0 Å². The Morgan fingerprint density at radius 2 is 2.00 bits per heavy atom. The van der Waals surface area contributed by atoms with E-state index >= 15 is 0 Å². The van der Waals surface area contributed by atoms with E-state index in [-0.39, 0.29) is 11.9 Å². The van der Waals surface area contributed by atoms with Crippen LogP contribution in [-0.2, 0) is 6.54 Å². The summed E-state index contributed by atoms with van der Waals surface area (Å²) >= 11 is 0. The Morgan fingerprint density at radius 3 is 2.57 bits per heavy atom. The van der Waals surface area contributed by atoms with E-state index < -0.39 is 0 Å². The third kappa shape index (κ3) is 3.84. The van der Waals surface area contributed by atoms with Crippen LogP contribution in [0.4, 0.5) is 0 Å². The first-order chi connectivity index (χ1) is 10.1. The molecule has 0 aliphatic heterocycles. The highest BCUT2D eigenvalue weighted by atomic mass is 16.5. The van der Waals surface area contributed by atoms with Gasteiger partial charge in [0.2, 0.25) is 0 Å². The highest BCUT2D eigenvalue weighted by molar-refractivity contribution is 5.94. The highest BCUT2D eigenvalue weighted by Gasteiger charge is 2.13. The Morgan fingerprint density at radius 1 is 1.29 bits per heavy atom. The predicted molar refractivity (Wildman–Crippen MR) is 81.4 cm³/mol. The van der Waals surface area contributed by atoms with Crippen molar-refractivity contribution in [3.05, 3.63) is 47.8 Å². The summed E-state index contributed by atoms with van der Waals surface area (Å²) in [5.41, 5.74) is 1.47. The molecule has 1 aromatic heterocycles. The Labute approximate surface area is 124 Å². The number of aryl methyl sites for hydroxylation is 1. The smallest absolute Gasteiger partial charge is 0.251 e. The molecule has 1 N–H and O–H groups in total. The van der Waals surface area contributed by atoms with Gasteiger partial charge in [-0.1, -0.05) is 0 Å². The first-order valence-corrected chi connectivity index (χ1v) is 7.21. The number of benzene rings is 1. The third-order valence-corrected chi connectivity index (χ3v) is 3.20. The van der Waals surface area contributed by atoms with Gasteiger partial charge in [-0.05, 0) is 51.1 Å². The molecule has 0 spiro atoms. The van der Waals surface area contributed by atoms with Crippen molar-refractivity contribution in [1.29, 1.82) is 0 Å². The van der Waals surface area contributed by atoms with E-state index in [2.05, 4.69) is 10.4 Å². The number of ether oxygens (including phenoxy) is 1. The largest absolute Gasteiger partial charge is 0.494 e. The van der Waals surface area contributed by atoms with E-state index in [0.29, 0.717) is 12.2 Å². The molecule has 5 heteroatoms. The fraction of sp³-hybridized carbons (Fsp3) is 0.375. The van der Waals surface area contributed by atoms with Crippen molar-refractivity contribution in [2.75, 3.05) is 6.61 Å². The van der Waals surface area contributed by atoms with Gasteiger partial charge in [0, 0.05) is 18.3 Å². The van der Waals surface area contributed by atoms with E-state index in [1.165, 1.54) is 0 Å². The topological polar surface area (TPSA) is 56.1 Å². The Kier molecular flexibility index (Phi) is 4.98. The molecule has 0 saturated heterocycles. The van der Waals surface area contributed by atoms with Gasteiger partial charge >= 0.3 is 0 Å². The van der Waals surface area contributed by atoms with Gasteiger partial charge in [-0.2, -0.15) is 5.10 Å². The number of nitrogens with zero attached hydrogens (tertiary/aromatic N) is 2. The van der Waals surface area contributed by atoms with Crippen molar-refractivity contribution in [2.45, 2.75) is 33.4 Å². The SMILES string of the molecule is CCOc1ccc(C(=O)NC(C)c2ccn(CC)n2)cc1. The molecule has 1 amide bonds. The lowest BCUT2D eigenvalue weighted by atomic mass is 10.1. The summed E-state index contributed by atoms with van der Waals surface area (Å²) in [4.78, 5) is 12.2. The zero-order valence-corrected chi connectivity index (χ0v) is 12.7.